The molecule has 0 aliphatic carbocycles. The second kappa shape index (κ2) is 7.14. The highest BCUT2D eigenvalue weighted by Crippen LogP contribution is 2.21. The normalized spacial score (nSPS) is 11.1. The molecule has 0 heterocycles. The molecule has 1 aromatic carbocycles. The molecule has 0 saturated carbocycles. The highest BCUT2D eigenvalue weighted by atomic mass is 32.2. The number of sulfonamides is 1. The van der Waals surface area contributed by atoms with Crippen molar-refractivity contribution < 1.29 is 22.9 Å². The van der Waals surface area contributed by atoms with E-state index < -0.39 is 20.9 Å². The van der Waals surface area contributed by atoms with Crippen LogP contribution >= 0.6 is 0 Å². The minimum Gasteiger partial charge on any atom is -0.469 e. The molecule has 8 nitrogen and oxygen atoms in total. The standard InChI is InChI=1S/C12H16N2O6S/c1-9-5-6-10(8-11(9)14(16)17)21(18,19)13-7-3-4-12(15)20-2/h5-6,8,13H,3-4,7H2,1-2H3. The number of esters is 1. The minimum absolute atomic E-state index is 0.0408. The third-order valence-corrected chi connectivity index (χ3v) is 4.22. The van der Waals surface area contributed by atoms with Crippen molar-refractivity contribution in [3.63, 3.8) is 0 Å². The molecule has 0 saturated heterocycles. The van der Waals surface area contributed by atoms with Crippen LogP contribution in [0.2, 0.25) is 0 Å². The van der Waals surface area contributed by atoms with Crippen molar-refractivity contribution in [1.82, 2.24) is 4.72 Å². The molecular weight excluding hydrogens is 300 g/mol. The van der Waals surface area contributed by atoms with Gasteiger partial charge >= 0.3 is 5.97 Å². The van der Waals surface area contributed by atoms with Gasteiger partial charge in [-0.3, -0.25) is 14.9 Å². The Morgan fingerprint density at radius 3 is 2.67 bits per heavy atom. The number of carbonyl (C=O) groups excluding carboxylic acids is 1. The van der Waals surface area contributed by atoms with Crippen LogP contribution in [0.5, 0.6) is 0 Å². The maximum atomic E-state index is 12.0. The van der Waals surface area contributed by atoms with Gasteiger partial charge in [-0.1, -0.05) is 6.07 Å². The molecule has 0 amide bonds. The van der Waals surface area contributed by atoms with Crippen LogP contribution in [-0.4, -0.2) is 33.0 Å². The summed E-state index contributed by atoms with van der Waals surface area (Å²) in [5.74, 6) is -0.430. The number of benzene rings is 1. The number of rotatable bonds is 7. The fourth-order valence-corrected chi connectivity index (χ4v) is 2.67. The summed E-state index contributed by atoms with van der Waals surface area (Å²) in [6, 6.07) is 3.68. The lowest BCUT2D eigenvalue weighted by Gasteiger charge is -2.07. The molecule has 116 valence electrons. The summed E-state index contributed by atoms with van der Waals surface area (Å²) in [5.41, 5.74) is 0.122. The average molecular weight is 316 g/mol. The first kappa shape index (κ1) is 17.1. The van der Waals surface area contributed by atoms with E-state index in [4.69, 9.17) is 0 Å². The van der Waals surface area contributed by atoms with Crippen LogP contribution in [0.25, 0.3) is 0 Å². The van der Waals surface area contributed by atoms with Gasteiger partial charge in [0.25, 0.3) is 5.69 Å². The number of ether oxygens (including phenoxy) is 1. The van der Waals surface area contributed by atoms with E-state index in [1.807, 2.05) is 0 Å². The molecule has 0 aromatic heterocycles. The third-order valence-electron chi connectivity index (χ3n) is 2.77. The van der Waals surface area contributed by atoms with E-state index in [0.717, 1.165) is 6.07 Å². The molecule has 0 aliphatic rings. The van der Waals surface area contributed by atoms with E-state index in [0.29, 0.717) is 5.56 Å². The summed E-state index contributed by atoms with van der Waals surface area (Å²) in [4.78, 5) is 20.9. The molecule has 0 bridgehead atoms. The Hall–Kier alpha value is -2.00. The number of hydrogen-bond donors (Lipinski definition) is 1. The molecule has 0 radical (unpaired) electrons. The number of nitrogens with zero attached hydrogens (tertiary/aromatic N) is 1. The number of aryl methyl sites for hydroxylation is 1. The zero-order valence-electron chi connectivity index (χ0n) is 11.7. The van der Waals surface area contributed by atoms with Crippen LogP contribution in [0.4, 0.5) is 5.69 Å². The summed E-state index contributed by atoms with van der Waals surface area (Å²) >= 11 is 0. The van der Waals surface area contributed by atoms with Crippen molar-refractivity contribution in [3.05, 3.63) is 33.9 Å². The Morgan fingerprint density at radius 2 is 2.10 bits per heavy atom. The molecular formula is C12H16N2O6S. The molecule has 1 rings (SSSR count). The maximum Gasteiger partial charge on any atom is 0.305 e. The monoisotopic (exact) mass is 316 g/mol. The molecule has 0 atom stereocenters. The van der Waals surface area contributed by atoms with Crippen LogP contribution < -0.4 is 4.72 Å². The summed E-state index contributed by atoms with van der Waals surface area (Å²) in [6.07, 6.45) is 0.368. The number of nitro groups is 1. The van der Waals surface area contributed by atoms with Gasteiger partial charge in [0.15, 0.2) is 0 Å². The molecule has 21 heavy (non-hydrogen) atoms. The number of nitrogens with one attached hydrogen (secondary N) is 1. The Kier molecular flexibility index (Phi) is 5.79. The quantitative estimate of drug-likeness (QED) is 0.349. The van der Waals surface area contributed by atoms with Crippen LogP contribution in [0, 0.1) is 17.0 Å². The zero-order chi connectivity index (χ0) is 16.0. The lowest BCUT2D eigenvalue weighted by Crippen LogP contribution is -2.25. The lowest BCUT2D eigenvalue weighted by molar-refractivity contribution is -0.385. The Bertz CT molecular complexity index is 641. The predicted molar refractivity (Wildman–Crippen MR) is 74.3 cm³/mol. The van der Waals surface area contributed by atoms with E-state index in [1.54, 1.807) is 0 Å². The summed E-state index contributed by atoms with van der Waals surface area (Å²) in [7, 11) is -2.60. The molecule has 1 aromatic rings. The maximum absolute atomic E-state index is 12.0. The highest BCUT2D eigenvalue weighted by molar-refractivity contribution is 7.89. The third kappa shape index (κ3) is 4.80. The first-order valence-corrected chi connectivity index (χ1v) is 7.58. The number of carbonyl (C=O) groups is 1. The van der Waals surface area contributed by atoms with Gasteiger partial charge in [-0.15, -0.1) is 0 Å². The Labute approximate surface area is 122 Å². The average Bonchev–Trinajstić information content (AvgIpc) is 2.43. The highest BCUT2D eigenvalue weighted by Gasteiger charge is 2.19. The summed E-state index contributed by atoms with van der Waals surface area (Å²) in [6.45, 7) is 1.57. The van der Waals surface area contributed by atoms with Crippen molar-refractivity contribution in [1.29, 1.82) is 0 Å². The predicted octanol–water partition coefficient (Wildman–Crippen LogP) is 1.13. The van der Waals surface area contributed by atoms with Crippen molar-refractivity contribution in [2.45, 2.75) is 24.7 Å². The van der Waals surface area contributed by atoms with Crippen LogP contribution in [0.1, 0.15) is 18.4 Å². The molecule has 0 spiro atoms. The molecule has 0 unspecified atom stereocenters. The first-order valence-electron chi connectivity index (χ1n) is 6.09. The minimum atomic E-state index is -3.84. The number of hydrogen-bond acceptors (Lipinski definition) is 6. The van der Waals surface area contributed by atoms with Crippen molar-refractivity contribution in [3.8, 4) is 0 Å². The summed E-state index contributed by atoms with van der Waals surface area (Å²) in [5, 5.41) is 10.8. The SMILES string of the molecule is COC(=O)CCCNS(=O)(=O)c1ccc(C)c([N+](=O)[O-])c1. The van der Waals surface area contributed by atoms with Gasteiger partial charge in [-0.05, 0) is 19.4 Å². The second-order valence-electron chi connectivity index (χ2n) is 4.28. The number of methoxy groups -OCH3 is 1. The molecule has 0 fully saturated rings. The Balaban J connectivity index is 2.77. The van der Waals surface area contributed by atoms with Crippen LogP contribution in [0.15, 0.2) is 23.1 Å². The van der Waals surface area contributed by atoms with Gasteiger partial charge in [-0.25, -0.2) is 13.1 Å². The van der Waals surface area contributed by atoms with E-state index in [-0.39, 0.29) is 30.0 Å². The fourth-order valence-electron chi connectivity index (χ4n) is 1.58. The van der Waals surface area contributed by atoms with Crippen molar-refractivity contribution >= 4 is 21.7 Å². The largest absolute Gasteiger partial charge is 0.469 e. The second-order valence-corrected chi connectivity index (χ2v) is 6.05. The fraction of sp³-hybridized carbons (Fsp3) is 0.417. The zero-order valence-corrected chi connectivity index (χ0v) is 12.5. The Morgan fingerprint density at radius 1 is 1.43 bits per heavy atom. The first-order chi connectivity index (χ1) is 9.77. The van der Waals surface area contributed by atoms with Gasteiger partial charge in [0.2, 0.25) is 10.0 Å². The van der Waals surface area contributed by atoms with E-state index in [1.165, 1.54) is 26.2 Å². The van der Waals surface area contributed by atoms with Gasteiger partial charge in [0.1, 0.15) is 0 Å². The number of nitro benzene ring substituents is 1. The lowest BCUT2D eigenvalue weighted by atomic mass is 10.2. The van der Waals surface area contributed by atoms with E-state index in [9.17, 15) is 23.3 Å². The molecule has 1 N–H and O–H groups in total. The van der Waals surface area contributed by atoms with Crippen LogP contribution in [0.3, 0.4) is 0 Å². The van der Waals surface area contributed by atoms with Crippen molar-refractivity contribution in [2.24, 2.45) is 0 Å². The smallest absolute Gasteiger partial charge is 0.305 e. The van der Waals surface area contributed by atoms with Crippen LogP contribution in [-0.2, 0) is 19.6 Å². The van der Waals surface area contributed by atoms with Gasteiger partial charge < -0.3 is 4.74 Å². The molecule has 0 aliphatic heterocycles. The van der Waals surface area contributed by atoms with Gasteiger partial charge in [0.05, 0.1) is 16.9 Å². The van der Waals surface area contributed by atoms with Gasteiger partial charge in [-0.2, -0.15) is 0 Å². The van der Waals surface area contributed by atoms with E-state index in [2.05, 4.69) is 9.46 Å². The van der Waals surface area contributed by atoms with Gasteiger partial charge in [0, 0.05) is 24.6 Å². The van der Waals surface area contributed by atoms with Crippen molar-refractivity contribution in [2.75, 3.05) is 13.7 Å². The van der Waals surface area contributed by atoms with E-state index >= 15 is 0 Å². The summed E-state index contributed by atoms with van der Waals surface area (Å²) < 4.78 is 30.7. The topological polar surface area (TPSA) is 116 Å². The molecule has 9 heteroatoms.